The number of unbranched alkanes of at least 4 members (excludes halogenated alkanes) is 1. The first-order valence-electron chi connectivity index (χ1n) is 7.41. The minimum atomic E-state index is -3.29. The zero-order valence-electron chi connectivity index (χ0n) is 12.5. The zero-order chi connectivity index (χ0) is 14.3. The molecular formula is C13H29N3O2S. The molecule has 0 aromatic heterocycles. The summed E-state index contributed by atoms with van der Waals surface area (Å²) in [6.07, 6.45) is 4.97. The summed E-state index contributed by atoms with van der Waals surface area (Å²) in [4.78, 5) is 0. The van der Waals surface area contributed by atoms with Crippen molar-refractivity contribution < 1.29 is 8.42 Å². The number of nitrogens with zero attached hydrogens (tertiary/aromatic N) is 1. The Hall–Kier alpha value is -0.170. The largest absolute Gasteiger partial charge is 0.319 e. The Bertz CT molecular complexity index is 338. The summed E-state index contributed by atoms with van der Waals surface area (Å²) < 4.78 is 28.8. The van der Waals surface area contributed by atoms with E-state index in [1.165, 1.54) is 0 Å². The van der Waals surface area contributed by atoms with E-state index in [9.17, 15) is 8.42 Å². The van der Waals surface area contributed by atoms with Gasteiger partial charge in [0.1, 0.15) is 0 Å². The van der Waals surface area contributed by atoms with Crippen molar-refractivity contribution in [2.45, 2.75) is 52.0 Å². The van der Waals surface area contributed by atoms with Crippen LogP contribution in [0.2, 0.25) is 0 Å². The molecule has 1 saturated heterocycles. The molecule has 0 bridgehead atoms. The first kappa shape index (κ1) is 16.9. The van der Waals surface area contributed by atoms with E-state index >= 15 is 0 Å². The number of piperidine rings is 1. The summed E-state index contributed by atoms with van der Waals surface area (Å²) in [5, 5.41) is 3.16. The smallest absolute Gasteiger partial charge is 0.279 e. The zero-order valence-corrected chi connectivity index (χ0v) is 13.3. The van der Waals surface area contributed by atoms with Crippen molar-refractivity contribution in [1.82, 2.24) is 14.3 Å². The maximum Gasteiger partial charge on any atom is 0.279 e. The van der Waals surface area contributed by atoms with Crippen LogP contribution >= 0.6 is 0 Å². The highest BCUT2D eigenvalue weighted by atomic mass is 32.2. The van der Waals surface area contributed by atoms with Gasteiger partial charge < -0.3 is 5.32 Å². The molecule has 2 N–H and O–H groups in total. The van der Waals surface area contributed by atoms with Gasteiger partial charge in [-0.1, -0.05) is 19.8 Å². The van der Waals surface area contributed by atoms with Gasteiger partial charge >= 0.3 is 0 Å². The van der Waals surface area contributed by atoms with E-state index in [0.717, 1.165) is 38.6 Å². The summed E-state index contributed by atoms with van der Waals surface area (Å²) in [5.74, 6) is 0.606. The molecular weight excluding hydrogens is 262 g/mol. The van der Waals surface area contributed by atoms with Crippen LogP contribution in [0.3, 0.4) is 0 Å². The van der Waals surface area contributed by atoms with E-state index in [0.29, 0.717) is 19.0 Å². The Morgan fingerprint density at radius 1 is 1.32 bits per heavy atom. The first-order valence-corrected chi connectivity index (χ1v) is 8.85. The Kier molecular flexibility index (Phi) is 7.28. The van der Waals surface area contributed by atoms with Crippen molar-refractivity contribution >= 4 is 10.2 Å². The minimum absolute atomic E-state index is 0.0278. The molecule has 1 unspecified atom stereocenters. The molecule has 0 aromatic rings. The second-order valence-electron chi connectivity index (χ2n) is 5.57. The topological polar surface area (TPSA) is 61.4 Å². The average molecular weight is 291 g/mol. The lowest BCUT2D eigenvalue weighted by atomic mass is 9.98. The third-order valence-corrected chi connectivity index (χ3v) is 5.49. The van der Waals surface area contributed by atoms with Crippen LogP contribution < -0.4 is 10.0 Å². The molecule has 1 atom stereocenters. The Morgan fingerprint density at radius 3 is 2.47 bits per heavy atom. The van der Waals surface area contributed by atoms with Crippen LogP contribution in [0.15, 0.2) is 0 Å². The maximum absolute atomic E-state index is 12.2. The number of hydrogen-bond donors (Lipinski definition) is 2. The summed E-state index contributed by atoms with van der Waals surface area (Å²) in [7, 11) is -1.34. The maximum atomic E-state index is 12.2. The van der Waals surface area contributed by atoms with Crippen LogP contribution in [-0.2, 0) is 10.2 Å². The molecule has 0 saturated carbocycles. The second-order valence-corrected chi connectivity index (χ2v) is 7.27. The van der Waals surface area contributed by atoms with Crippen molar-refractivity contribution in [2.75, 3.05) is 26.7 Å². The Labute approximate surface area is 118 Å². The fourth-order valence-corrected chi connectivity index (χ4v) is 4.01. The van der Waals surface area contributed by atoms with E-state index in [2.05, 4.69) is 17.0 Å². The Balaban J connectivity index is 2.41. The second kappa shape index (κ2) is 8.19. The Morgan fingerprint density at radius 2 is 1.95 bits per heavy atom. The first-order chi connectivity index (χ1) is 8.99. The number of rotatable bonds is 8. The number of hydrogen-bond acceptors (Lipinski definition) is 3. The van der Waals surface area contributed by atoms with Crippen LogP contribution in [0.4, 0.5) is 0 Å². The molecule has 0 aliphatic carbocycles. The highest BCUT2D eigenvalue weighted by Crippen LogP contribution is 2.18. The fourth-order valence-electron chi connectivity index (χ4n) is 2.54. The summed E-state index contributed by atoms with van der Waals surface area (Å²) in [5.41, 5.74) is 0. The van der Waals surface area contributed by atoms with Crippen molar-refractivity contribution in [3.63, 3.8) is 0 Å². The molecule has 1 rings (SSSR count). The molecule has 19 heavy (non-hydrogen) atoms. The monoisotopic (exact) mass is 291 g/mol. The van der Waals surface area contributed by atoms with E-state index in [1.807, 2.05) is 14.0 Å². The van der Waals surface area contributed by atoms with Gasteiger partial charge in [0, 0.05) is 19.1 Å². The molecule has 5 nitrogen and oxygen atoms in total. The van der Waals surface area contributed by atoms with Gasteiger partial charge in [0.15, 0.2) is 0 Å². The SMILES string of the molecule is CCCCC(C)NS(=O)(=O)N1CCC(CNC)CC1. The third-order valence-electron chi connectivity index (χ3n) is 3.75. The lowest BCUT2D eigenvalue weighted by molar-refractivity contribution is 0.267. The van der Waals surface area contributed by atoms with Gasteiger partial charge in [0.2, 0.25) is 0 Å². The molecule has 0 amide bonds. The molecule has 0 spiro atoms. The molecule has 6 heteroatoms. The molecule has 1 aliphatic heterocycles. The number of nitrogens with one attached hydrogen (secondary N) is 2. The lowest BCUT2D eigenvalue weighted by Crippen LogP contribution is -2.48. The van der Waals surface area contributed by atoms with Gasteiger partial charge in [-0.05, 0) is 45.7 Å². The van der Waals surface area contributed by atoms with E-state index < -0.39 is 10.2 Å². The summed E-state index contributed by atoms with van der Waals surface area (Å²) in [6, 6.07) is 0.0278. The van der Waals surface area contributed by atoms with Crippen molar-refractivity contribution in [2.24, 2.45) is 5.92 Å². The molecule has 0 radical (unpaired) electrons. The summed E-state index contributed by atoms with van der Waals surface area (Å²) >= 11 is 0. The van der Waals surface area contributed by atoms with Crippen molar-refractivity contribution in [3.05, 3.63) is 0 Å². The molecule has 114 valence electrons. The van der Waals surface area contributed by atoms with Gasteiger partial charge in [-0.2, -0.15) is 17.4 Å². The highest BCUT2D eigenvalue weighted by Gasteiger charge is 2.28. The fraction of sp³-hybridized carbons (Fsp3) is 1.00. The quantitative estimate of drug-likeness (QED) is 0.709. The van der Waals surface area contributed by atoms with Gasteiger partial charge in [0.25, 0.3) is 10.2 Å². The normalized spacial score (nSPS) is 20.6. The standard InChI is InChI=1S/C13H29N3O2S/c1-4-5-6-12(2)15-19(17,18)16-9-7-13(8-10-16)11-14-3/h12-15H,4-11H2,1-3H3. The molecule has 1 fully saturated rings. The molecule has 1 aliphatic rings. The van der Waals surface area contributed by atoms with Gasteiger partial charge in [-0.3, -0.25) is 0 Å². The predicted octanol–water partition coefficient (Wildman–Crippen LogP) is 1.33. The molecule has 0 aromatic carbocycles. The van der Waals surface area contributed by atoms with E-state index in [-0.39, 0.29) is 6.04 Å². The average Bonchev–Trinajstić information content (AvgIpc) is 2.37. The third kappa shape index (κ3) is 5.77. The van der Waals surface area contributed by atoms with Crippen molar-refractivity contribution in [3.8, 4) is 0 Å². The van der Waals surface area contributed by atoms with E-state index in [4.69, 9.17) is 0 Å². The minimum Gasteiger partial charge on any atom is -0.319 e. The van der Waals surface area contributed by atoms with E-state index in [1.54, 1.807) is 4.31 Å². The van der Waals surface area contributed by atoms with Crippen LogP contribution in [0.1, 0.15) is 46.0 Å². The van der Waals surface area contributed by atoms with Gasteiger partial charge in [-0.15, -0.1) is 0 Å². The van der Waals surface area contributed by atoms with Crippen LogP contribution in [-0.4, -0.2) is 45.4 Å². The van der Waals surface area contributed by atoms with Crippen LogP contribution in [0.25, 0.3) is 0 Å². The molecule has 1 heterocycles. The predicted molar refractivity (Wildman–Crippen MR) is 79.3 cm³/mol. The lowest BCUT2D eigenvalue weighted by Gasteiger charge is -2.32. The van der Waals surface area contributed by atoms with Gasteiger partial charge in [0.05, 0.1) is 0 Å². The van der Waals surface area contributed by atoms with Gasteiger partial charge in [-0.25, -0.2) is 0 Å². The van der Waals surface area contributed by atoms with Crippen molar-refractivity contribution in [1.29, 1.82) is 0 Å². The summed E-state index contributed by atoms with van der Waals surface area (Å²) in [6.45, 7) is 6.33. The highest BCUT2D eigenvalue weighted by molar-refractivity contribution is 7.87. The van der Waals surface area contributed by atoms with Crippen LogP contribution in [0, 0.1) is 5.92 Å². The van der Waals surface area contributed by atoms with Crippen LogP contribution in [0.5, 0.6) is 0 Å².